The summed E-state index contributed by atoms with van der Waals surface area (Å²) in [7, 11) is 1.52. The molecule has 0 aliphatic carbocycles. The van der Waals surface area contributed by atoms with Gasteiger partial charge in [-0.2, -0.15) is 0 Å². The van der Waals surface area contributed by atoms with E-state index in [1.54, 1.807) is 24.3 Å². The number of hydrogen-bond acceptors (Lipinski definition) is 1. The summed E-state index contributed by atoms with van der Waals surface area (Å²) in [5.74, 6) is 0.660. The number of halogens is 3. The minimum atomic E-state index is -4.02. The van der Waals surface area contributed by atoms with Crippen molar-refractivity contribution in [1.82, 2.24) is 0 Å². The van der Waals surface area contributed by atoms with Crippen LogP contribution in [0, 0.1) is 0 Å². The molecule has 0 fully saturated rings. The van der Waals surface area contributed by atoms with Gasteiger partial charge >= 0.3 is 85.9 Å². The predicted molar refractivity (Wildman–Crippen MR) is 48.5 cm³/mol. The van der Waals surface area contributed by atoms with Gasteiger partial charge in [0.05, 0.1) is 0 Å². The molecule has 0 atom stereocenters. The van der Waals surface area contributed by atoms with Gasteiger partial charge in [0.15, 0.2) is 0 Å². The normalized spacial score (nSPS) is 11.4. The van der Waals surface area contributed by atoms with Crippen molar-refractivity contribution in [1.29, 1.82) is 0 Å². The minimum absolute atomic E-state index is 0.0838. The Morgan fingerprint density at radius 2 is 1.79 bits per heavy atom. The van der Waals surface area contributed by atoms with Crippen LogP contribution in [0.3, 0.4) is 0 Å². The number of benzene rings is 1. The van der Waals surface area contributed by atoms with Crippen LogP contribution in [0.4, 0.5) is 13.2 Å². The third-order valence-electron chi connectivity index (χ3n) is 1.56. The second-order valence-corrected chi connectivity index (χ2v) is 4.77. The molecule has 0 unspecified atom stereocenters. The van der Waals surface area contributed by atoms with Gasteiger partial charge in [-0.1, -0.05) is 0 Å². The van der Waals surface area contributed by atoms with Gasteiger partial charge in [0, 0.05) is 0 Å². The van der Waals surface area contributed by atoms with Crippen LogP contribution in [0.1, 0.15) is 5.56 Å². The Morgan fingerprint density at radius 1 is 1.21 bits per heavy atom. The molecule has 0 radical (unpaired) electrons. The SMILES string of the molecule is COc1ccc(C[Se]C(F)(F)F)cc1. The van der Waals surface area contributed by atoms with E-state index in [1.807, 2.05) is 0 Å². The Kier molecular flexibility index (Phi) is 3.84. The second-order valence-electron chi connectivity index (χ2n) is 2.58. The first-order valence-corrected chi connectivity index (χ1v) is 5.91. The van der Waals surface area contributed by atoms with Crippen LogP contribution in [0.25, 0.3) is 0 Å². The zero-order valence-electron chi connectivity index (χ0n) is 7.47. The van der Waals surface area contributed by atoms with Crippen LogP contribution in [-0.4, -0.2) is 27.1 Å². The molecule has 78 valence electrons. The van der Waals surface area contributed by atoms with E-state index in [4.69, 9.17) is 4.74 Å². The summed E-state index contributed by atoms with van der Waals surface area (Å²) in [5, 5.41) is -3.94. The van der Waals surface area contributed by atoms with Crippen LogP contribution in [0.15, 0.2) is 24.3 Å². The first-order valence-electron chi connectivity index (χ1n) is 3.85. The molecule has 0 spiro atoms. The number of rotatable bonds is 3. The Hall–Kier alpha value is -0.671. The summed E-state index contributed by atoms with van der Waals surface area (Å²) in [6.45, 7) is 0. The Bertz CT molecular complexity index is 281. The molecule has 1 nitrogen and oxygen atoms in total. The van der Waals surface area contributed by atoms with Gasteiger partial charge in [-0.3, -0.25) is 0 Å². The van der Waals surface area contributed by atoms with E-state index in [0.29, 0.717) is 11.3 Å². The predicted octanol–water partition coefficient (Wildman–Crippen LogP) is 2.42. The average Bonchev–Trinajstić information content (AvgIpc) is 2.14. The van der Waals surface area contributed by atoms with E-state index in [0.717, 1.165) is 0 Å². The van der Waals surface area contributed by atoms with Crippen molar-refractivity contribution in [2.24, 2.45) is 0 Å². The molecule has 0 aliphatic heterocycles. The van der Waals surface area contributed by atoms with Crippen LogP contribution < -0.4 is 4.74 Å². The number of alkyl halides is 3. The molecule has 1 aromatic carbocycles. The monoisotopic (exact) mass is 270 g/mol. The van der Waals surface area contributed by atoms with Crippen molar-refractivity contribution in [3.8, 4) is 5.75 Å². The van der Waals surface area contributed by atoms with E-state index in [9.17, 15) is 13.2 Å². The molecule has 1 rings (SSSR count). The maximum atomic E-state index is 11.9. The first kappa shape index (κ1) is 11.4. The first-order chi connectivity index (χ1) is 6.51. The molecule has 0 saturated carbocycles. The van der Waals surface area contributed by atoms with Crippen LogP contribution in [0.2, 0.25) is 0 Å². The van der Waals surface area contributed by atoms with Gasteiger partial charge in [0.2, 0.25) is 0 Å². The topological polar surface area (TPSA) is 9.23 Å². The fraction of sp³-hybridized carbons (Fsp3) is 0.333. The number of hydrogen-bond donors (Lipinski definition) is 0. The molecule has 14 heavy (non-hydrogen) atoms. The fourth-order valence-corrected chi connectivity index (χ4v) is 1.98. The van der Waals surface area contributed by atoms with Gasteiger partial charge in [0.1, 0.15) is 0 Å². The van der Waals surface area contributed by atoms with E-state index in [2.05, 4.69) is 0 Å². The quantitative estimate of drug-likeness (QED) is 0.766. The summed E-state index contributed by atoms with van der Waals surface area (Å²) in [6.07, 6.45) is 0. The molecular formula is C9H9F3OSe. The summed E-state index contributed by atoms with van der Waals surface area (Å²) in [6, 6.07) is 6.65. The van der Waals surface area contributed by atoms with Crippen molar-refractivity contribution in [3.63, 3.8) is 0 Å². The van der Waals surface area contributed by atoms with Crippen molar-refractivity contribution in [3.05, 3.63) is 29.8 Å². The molecule has 0 heterocycles. The van der Waals surface area contributed by atoms with E-state index in [-0.39, 0.29) is 5.32 Å². The zero-order valence-corrected chi connectivity index (χ0v) is 9.18. The molecule has 0 bridgehead atoms. The van der Waals surface area contributed by atoms with Crippen molar-refractivity contribution in [2.75, 3.05) is 7.11 Å². The Morgan fingerprint density at radius 3 is 2.21 bits per heavy atom. The van der Waals surface area contributed by atoms with Gasteiger partial charge in [-0.15, -0.1) is 0 Å². The van der Waals surface area contributed by atoms with Gasteiger partial charge in [-0.25, -0.2) is 0 Å². The van der Waals surface area contributed by atoms with Crippen LogP contribution in [0.5, 0.6) is 5.75 Å². The summed E-state index contributed by atoms with van der Waals surface area (Å²) in [5.41, 5.74) is 0.697. The van der Waals surface area contributed by atoms with Gasteiger partial charge in [-0.05, 0) is 0 Å². The van der Waals surface area contributed by atoms with Gasteiger partial charge in [0.25, 0.3) is 0 Å². The molecular weight excluding hydrogens is 260 g/mol. The average molecular weight is 269 g/mol. The molecule has 1 aromatic rings. The molecule has 0 N–H and O–H groups in total. The third kappa shape index (κ3) is 4.03. The molecule has 0 saturated heterocycles. The number of methoxy groups -OCH3 is 1. The molecule has 0 aromatic heterocycles. The third-order valence-corrected chi connectivity index (χ3v) is 3.25. The fourth-order valence-electron chi connectivity index (χ4n) is 0.887. The van der Waals surface area contributed by atoms with Gasteiger partial charge < -0.3 is 0 Å². The second kappa shape index (κ2) is 4.71. The number of ether oxygens (including phenoxy) is 1. The van der Waals surface area contributed by atoms with Crippen LogP contribution >= 0.6 is 0 Å². The summed E-state index contributed by atoms with van der Waals surface area (Å²) >= 11 is -1.33. The summed E-state index contributed by atoms with van der Waals surface area (Å²) < 4.78 is 40.6. The molecule has 0 aliphatic rings. The Labute approximate surface area is 86.4 Å². The molecule has 5 heteroatoms. The van der Waals surface area contributed by atoms with E-state index >= 15 is 0 Å². The Balaban J connectivity index is 2.52. The van der Waals surface area contributed by atoms with Crippen LogP contribution in [-0.2, 0) is 5.32 Å². The van der Waals surface area contributed by atoms with Crippen molar-refractivity contribution >= 4 is 15.0 Å². The standard InChI is InChI=1S/C9H9F3OSe/c1-13-8-4-2-7(3-5-8)6-14-9(10,11)12/h2-5H,6H2,1H3. The maximum absolute atomic E-state index is 11.9. The zero-order chi connectivity index (χ0) is 10.6. The van der Waals surface area contributed by atoms with E-state index < -0.39 is 20.0 Å². The van der Waals surface area contributed by atoms with Crippen molar-refractivity contribution in [2.45, 2.75) is 10.4 Å². The molecule has 0 amide bonds. The van der Waals surface area contributed by atoms with E-state index in [1.165, 1.54) is 7.11 Å². The van der Waals surface area contributed by atoms with Crippen molar-refractivity contribution < 1.29 is 17.9 Å². The summed E-state index contributed by atoms with van der Waals surface area (Å²) in [4.78, 5) is 0.